The number of carbonyl (C=O) groups excluding carboxylic acids is 3. The second-order valence-electron chi connectivity index (χ2n) is 2.42. The van der Waals surface area contributed by atoms with Crippen molar-refractivity contribution in [3.05, 3.63) is 0 Å². The average molecular weight is 339 g/mol. The molecular weight excluding hydrogens is 334 g/mol. The smallest absolute Gasteiger partial charge is 0.550 e. The Hall–Kier alpha value is 3.47. The van der Waals surface area contributed by atoms with Crippen LogP contribution in [-0.2, 0) is 14.4 Å². The van der Waals surface area contributed by atoms with E-state index in [4.69, 9.17) is 5.11 Å². The zero-order valence-electron chi connectivity index (χ0n) is 11.0. The topological polar surface area (TPSA) is 141 Å². The average Bonchev–Trinajstić information content (AvgIpc) is 1.82. The van der Waals surface area contributed by atoms with Crippen LogP contribution >= 0.6 is 0 Å². The van der Waals surface area contributed by atoms with Gasteiger partial charge in [-0.05, 0) is 0 Å². The van der Waals surface area contributed by atoms with Gasteiger partial charge in [-0.3, -0.25) is 0 Å². The summed E-state index contributed by atoms with van der Waals surface area (Å²) in [5, 5.41) is 38.9. The third-order valence-electron chi connectivity index (χ3n) is 1.25. The van der Waals surface area contributed by atoms with Crippen LogP contribution in [0, 0.1) is 0 Å². The van der Waals surface area contributed by atoms with Gasteiger partial charge in [0.15, 0.2) is 0 Å². The molecule has 0 aliphatic heterocycles. The van der Waals surface area contributed by atoms with Crippen LogP contribution in [0.25, 0.3) is 0 Å². The zero-order chi connectivity index (χ0) is 10.6. The van der Waals surface area contributed by atoms with Gasteiger partial charge in [-0.25, -0.2) is 0 Å². The van der Waals surface area contributed by atoms with Crippen LogP contribution in [0.2, 0.25) is 0 Å². The summed E-state index contributed by atoms with van der Waals surface area (Å²) < 4.78 is 0. The molecule has 0 bridgehead atoms. The zero-order valence-corrected chi connectivity index (χ0v) is 20.4. The summed E-state index contributed by atoms with van der Waals surface area (Å²) >= 11 is 0. The van der Waals surface area contributed by atoms with Gasteiger partial charge in [0.25, 0.3) is 0 Å². The first-order chi connectivity index (χ1) is 5.78. The number of carboxylic acid groups (broad SMARTS) is 3. The summed E-state index contributed by atoms with van der Waals surface area (Å²) in [5.41, 5.74) is -2.97. The van der Waals surface area contributed by atoms with Crippen LogP contribution in [0.4, 0.5) is 0 Å². The van der Waals surface area contributed by atoms with Crippen LogP contribution in [0.15, 0.2) is 0 Å². The van der Waals surface area contributed by atoms with Gasteiger partial charge in [-0.1, -0.05) is 0 Å². The van der Waals surface area contributed by atoms with Gasteiger partial charge in [0.05, 0.1) is 5.97 Å². The van der Waals surface area contributed by atoms with E-state index in [1.54, 1.807) is 0 Å². The monoisotopic (exact) mass is 339 g/mol. The Labute approximate surface area is 244 Å². The molecule has 0 rings (SSSR count). The Bertz CT molecular complexity index is 250. The minimum atomic E-state index is -2.97. The summed E-state index contributed by atoms with van der Waals surface area (Å²) in [6, 6.07) is 0. The standard InChI is InChI=1S/C6H8O7.3B.3K/c7-3(8)1-6(13,5(11)12)2-4(9)10;;;;;;/h13H,1-2H2,(H,7,8)(H,9,10)(H,11,12);;;;;;/q;;;;3*+1/p-3. The van der Waals surface area contributed by atoms with Gasteiger partial charge >= 0.3 is 154 Å². The number of hydrogen-bond donors (Lipinski definition) is 1. The molecule has 7 nitrogen and oxygen atoms in total. The maximum absolute atomic E-state index is 10.1. The molecule has 0 amide bonds. The number of aliphatic hydroxyl groups is 1. The molecule has 0 aliphatic carbocycles. The Balaban J connectivity index is -0.0000000480. The number of carboxylic acids is 3. The minimum Gasteiger partial charge on any atom is -0.550 e. The predicted molar refractivity (Wildman–Crippen MR) is 46.5 cm³/mol. The molecule has 0 heterocycles. The van der Waals surface area contributed by atoms with E-state index >= 15 is 0 Å². The number of aliphatic carboxylic acids is 3. The first-order valence-electron chi connectivity index (χ1n) is 3.11. The number of rotatable bonds is 5. The van der Waals surface area contributed by atoms with Crippen molar-refractivity contribution in [1.29, 1.82) is 0 Å². The van der Waals surface area contributed by atoms with Crippen molar-refractivity contribution in [1.82, 2.24) is 0 Å². The van der Waals surface area contributed by atoms with Crippen molar-refractivity contribution in [2.75, 3.05) is 0 Å². The normalized spacial score (nSPS) is 7.42. The molecule has 0 atom stereocenters. The molecule has 19 heavy (non-hydrogen) atoms. The second kappa shape index (κ2) is 21.5. The molecule has 0 aromatic rings. The van der Waals surface area contributed by atoms with Gasteiger partial charge < -0.3 is 34.8 Å². The molecule has 0 unspecified atom stereocenters. The van der Waals surface area contributed by atoms with Crippen molar-refractivity contribution in [3.8, 4) is 0 Å². The van der Waals surface area contributed by atoms with E-state index in [2.05, 4.69) is 0 Å². The van der Waals surface area contributed by atoms with E-state index < -0.39 is 36.4 Å². The maximum atomic E-state index is 10.1. The summed E-state index contributed by atoms with van der Waals surface area (Å²) in [5.74, 6) is -5.98. The fourth-order valence-corrected chi connectivity index (χ4v) is 0.684. The number of carbonyl (C=O) groups is 3. The maximum Gasteiger partial charge on any atom is 1.00 e. The van der Waals surface area contributed by atoms with E-state index in [1.807, 2.05) is 0 Å². The molecule has 0 aromatic heterocycles. The fraction of sp³-hybridized carbons (Fsp3) is 0.500. The number of hydrogen-bond acceptors (Lipinski definition) is 7. The molecule has 0 fully saturated rings. The Morgan fingerprint density at radius 3 is 1.11 bits per heavy atom. The van der Waals surface area contributed by atoms with Gasteiger partial charge in [0, 0.05) is 50.0 Å². The van der Waals surface area contributed by atoms with Gasteiger partial charge in [-0.15, -0.1) is 0 Å². The fourth-order valence-electron chi connectivity index (χ4n) is 0.684. The van der Waals surface area contributed by atoms with E-state index in [-0.39, 0.29) is 179 Å². The third-order valence-corrected chi connectivity index (χ3v) is 1.25. The molecule has 13 heteroatoms. The van der Waals surface area contributed by atoms with Crippen molar-refractivity contribution in [2.24, 2.45) is 0 Å². The van der Waals surface area contributed by atoms with Crippen molar-refractivity contribution in [3.63, 3.8) is 0 Å². The van der Waals surface area contributed by atoms with Crippen molar-refractivity contribution in [2.45, 2.75) is 18.4 Å². The predicted octanol–water partition coefficient (Wildman–Crippen LogP) is -15.4. The molecule has 0 saturated carbocycles. The summed E-state index contributed by atoms with van der Waals surface area (Å²) in [6.45, 7) is 0. The van der Waals surface area contributed by atoms with Gasteiger partial charge in [0.1, 0.15) is 5.60 Å². The Morgan fingerprint density at radius 2 is 1.00 bits per heavy atom. The SMILES string of the molecule is O=C([O-])CC(O)(CC(=O)[O-])C(=O)[O-].[B].[B].[B].[K+].[K+].[K+]. The van der Waals surface area contributed by atoms with Crippen LogP contribution in [0.3, 0.4) is 0 Å². The summed E-state index contributed by atoms with van der Waals surface area (Å²) in [6.07, 6.45) is -2.72. The molecule has 0 spiro atoms. The molecule has 83 valence electrons. The van der Waals surface area contributed by atoms with E-state index in [0.717, 1.165) is 0 Å². The van der Waals surface area contributed by atoms with E-state index in [1.165, 1.54) is 0 Å². The minimum absolute atomic E-state index is 0. The first kappa shape index (κ1) is 43.3. The largest absolute Gasteiger partial charge is 1.00 e. The molecular formula is C6H5B3K3O7. The van der Waals surface area contributed by atoms with Crippen LogP contribution in [0.1, 0.15) is 12.8 Å². The van der Waals surface area contributed by atoms with Crippen molar-refractivity contribution < 1.29 is 189 Å². The van der Waals surface area contributed by atoms with Gasteiger partial charge in [0.2, 0.25) is 0 Å². The molecule has 9 radical (unpaired) electrons. The van der Waals surface area contributed by atoms with Crippen LogP contribution in [0.5, 0.6) is 0 Å². The van der Waals surface area contributed by atoms with E-state index in [9.17, 15) is 29.7 Å². The Kier molecular flexibility index (Phi) is 48.9. The first-order valence-corrected chi connectivity index (χ1v) is 3.11. The molecule has 0 saturated heterocycles. The Morgan fingerprint density at radius 1 is 0.789 bits per heavy atom. The molecule has 0 aliphatic rings. The quantitative estimate of drug-likeness (QED) is 0.490. The molecule has 0 aromatic carbocycles. The van der Waals surface area contributed by atoms with Crippen molar-refractivity contribution >= 4 is 43.1 Å². The second-order valence-corrected chi connectivity index (χ2v) is 2.42. The van der Waals surface area contributed by atoms with E-state index in [0.29, 0.717) is 0 Å². The summed E-state index contributed by atoms with van der Waals surface area (Å²) in [7, 11) is 0. The third kappa shape index (κ3) is 21.5. The molecule has 1 N–H and O–H groups in total. The van der Waals surface area contributed by atoms with Gasteiger partial charge in [-0.2, -0.15) is 0 Å². The summed E-state index contributed by atoms with van der Waals surface area (Å²) in [4.78, 5) is 30.0. The van der Waals surface area contributed by atoms with Crippen LogP contribution in [-0.4, -0.2) is 53.9 Å². The van der Waals surface area contributed by atoms with Crippen LogP contribution < -0.4 is 169 Å².